The average Bonchev–Trinajstić information content (AvgIpc) is 2.72. The zero-order valence-electron chi connectivity index (χ0n) is 20.5. The van der Waals surface area contributed by atoms with Gasteiger partial charge in [-0.25, -0.2) is 4.79 Å². The fourth-order valence-corrected chi connectivity index (χ4v) is 3.54. The number of hydrogen-bond acceptors (Lipinski definition) is 4. The lowest BCUT2D eigenvalue weighted by Gasteiger charge is -2.19. The van der Waals surface area contributed by atoms with Gasteiger partial charge < -0.3 is 14.6 Å². The smallest absolute Gasteiger partial charge is 0.338 e. The highest BCUT2D eigenvalue weighted by Gasteiger charge is 2.17. The van der Waals surface area contributed by atoms with Crippen LogP contribution in [0.15, 0.2) is 24.3 Å². The fraction of sp³-hybridized carbons (Fsp3) is 0.704. The van der Waals surface area contributed by atoms with Gasteiger partial charge in [-0.15, -0.1) is 0 Å². The maximum atomic E-state index is 12.0. The molecule has 0 amide bonds. The first kappa shape index (κ1) is 28.0. The van der Waals surface area contributed by atoms with Crippen LogP contribution in [-0.2, 0) is 9.53 Å². The molecular weight excluding hydrogens is 404 g/mol. The van der Waals surface area contributed by atoms with Gasteiger partial charge in [-0.3, -0.25) is 4.79 Å². The SMILES string of the molecule is CC(C)(C)OC(=O)c1ccc(OCCCCCCCCCCCCCCCC(=O)O)cc1. The van der Waals surface area contributed by atoms with Crippen molar-refractivity contribution in [2.24, 2.45) is 0 Å². The standard InChI is InChI=1S/C27H44O5/c1-27(2,3)32-26(30)23-18-20-24(21-19-23)31-22-16-14-12-10-8-6-4-5-7-9-11-13-15-17-25(28)29/h18-21H,4-17,22H2,1-3H3,(H,28,29). The largest absolute Gasteiger partial charge is 0.494 e. The Bertz CT molecular complexity index is 630. The number of esters is 1. The van der Waals surface area contributed by atoms with Gasteiger partial charge >= 0.3 is 11.9 Å². The van der Waals surface area contributed by atoms with Gasteiger partial charge in [0, 0.05) is 6.42 Å². The number of carboxylic acids is 1. The molecule has 0 aliphatic heterocycles. The number of aliphatic carboxylic acids is 1. The third-order valence-electron chi connectivity index (χ3n) is 5.29. The molecule has 0 aliphatic rings. The third kappa shape index (κ3) is 15.7. The van der Waals surface area contributed by atoms with Crippen molar-refractivity contribution in [1.29, 1.82) is 0 Å². The van der Waals surface area contributed by atoms with E-state index in [1.54, 1.807) is 12.1 Å². The summed E-state index contributed by atoms with van der Waals surface area (Å²) in [4.78, 5) is 22.5. The first-order valence-corrected chi connectivity index (χ1v) is 12.5. The summed E-state index contributed by atoms with van der Waals surface area (Å²) >= 11 is 0. The molecule has 182 valence electrons. The van der Waals surface area contributed by atoms with Gasteiger partial charge in [0.2, 0.25) is 0 Å². The predicted octanol–water partition coefficient (Wildman–Crippen LogP) is 7.57. The van der Waals surface area contributed by atoms with E-state index in [2.05, 4.69) is 0 Å². The molecule has 1 N–H and O–H groups in total. The molecule has 0 spiro atoms. The molecule has 0 heterocycles. The normalized spacial score (nSPS) is 11.3. The van der Waals surface area contributed by atoms with Crippen molar-refractivity contribution in [2.45, 2.75) is 116 Å². The highest BCUT2D eigenvalue weighted by molar-refractivity contribution is 5.89. The maximum Gasteiger partial charge on any atom is 0.338 e. The van der Waals surface area contributed by atoms with Crippen LogP contribution in [0, 0.1) is 0 Å². The number of carbonyl (C=O) groups is 2. The molecule has 0 bridgehead atoms. The zero-order chi connectivity index (χ0) is 23.7. The lowest BCUT2D eigenvalue weighted by Crippen LogP contribution is -2.23. The van der Waals surface area contributed by atoms with Gasteiger partial charge in [0.15, 0.2) is 0 Å². The number of unbranched alkanes of at least 4 members (excludes halogenated alkanes) is 12. The molecule has 0 radical (unpaired) electrons. The molecule has 0 fully saturated rings. The first-order valence-electron chi connectivity index (χ1n) is 12.5. The molecule has 0 unspecified atom stereocenters. The van der Waals surface area contributed by atoms with Crippen molar-refractivity contribution in [3.63, 3.8) is 0 Å². The van der Waals surface area contributed by atoms with Crippen LogP contribution in [0.5, 0.6) is 5.75 Å². The first-order chi connectivity index (χ1) is 15.3. The van der Waals surface area contributed by atoms with E-state index in [1.165, 1.54) is 64.2 Å². The Morgan fingerprint density at radius 1 is 0.719 bits per heavy atom. The molecule has 1 rings (SSSR count). The van der Waals surface area contributed by atoms with Gasteiger partial charge in [0.05, 0.1) is 12.2 Å². The van der Waals surface area contributed by atoms with Crippen molar-refractivity contribution < 1.29 is 24.2 Å². The van der Waals surface area contributed by atoms with E-state index in [0.29, 0.717) is 18.6 Å². The van der Waals surface area contributed by atoms with E-state index in [1.807, 2.05) is 32.9 Å². The molecule has 0 saturated heterocycles. The van der Waals surface area contributed by atoms with Crippen LogP contribution in [-0.4, -0.2) is 29.3 Å². The molecular formula is C27H44O5. The minimum Gasteiger partial charge on any atom is -0.494 e. The van der Waals surface area contributed by atoms with Gasteiger partial charge in [0.1, 0.15) is 11.4 Å². The van der Waals surface area contributed by atoms with Crippen molar-refractivity contribution in [3.05, 3.63) is 29.8 Å². The number of hydrogen-bond donors (Lipinski definition) is 1. The quantitative estimate of drug-likeness (QED) is 0.185. The lowest BCUT2D eigenvalue weighted by atomic mass is 10.0. The monoisotopic (exact) mass is 448 g/mol. The van der Waals surface area contributed by atoms with Crippen LogP contribution in [0.4, 0.5) is 0 Å². The lowest BCUT2D eigenvalue weighted by molar-refractivity contribution is -0.137. The van der Waals surface area contributed by atoms with Gasteiger partial charge in [0.25, 0.3) is 0 Å². The Hall–Kier alpha value is -2.04. The average molecular weight is 449 g/mol. The molecule has 1 aromatic rings. The van der Waals surface area contributed by atoms with Crippen molar-refractivity contribution >= 4 is 11.9 Å². The second-order valence-electron chi connectivity index (χ2n) is 9.61. The van der Waals surface area contributed by atoms with Crippen LogP contribution in [0.2, 0.25) is 0 Å². The molecule has 5 nitrogen and oxygen atoms in total. The summed E-state index contributed by atoms with van der Waals surface area (Å²) < 4.78 is 11.1. The highest BCUT2D eigenvalue weighted by atomic mass is 16.6. The molecule has 0 aromatic heterocycles. The number of rotatable bonds is 18. The molecule has 5 heteroatoms. The Balaban J connectivity index is 1.92. The third-order valence-corrected chi connectivity index (χ3v) is 5.29. The molecule has 0 saturated carbocycles. The summed E-state index contributed by atoms with van der Waals surface area (Å²) in [5.74, 6) is -0.194. The van der Waals surface area contributed by atoms with Gasteiger partial charge in [-0.05, 0) is 57.9 Å². The van der Waals surface area contributed by atoms with Crippen LogP contribution in [0.25, 0.3) is 0 Å². The number of carboxylic acid groups (broad SMARTS) is 1. The Morgan fingerprint density at radius 2 is 1.16 bits per heavy atom. The van der Waals surface area contributed by atoms with E-state index in [9.17, 15) is 9.59 Å². The van der Waals surface area contributed by atoms with Crippen LogP contribution < -0.4 is 4.74 Å². The summed E-state index contributed by atoms with van der Waals surface area (Å²) in [5.41, 5.74) is 0.0562. The fourth-order valence-electron chi connectivity index (χ4n) is 3.54. The maximum absolute atomic E-state index is 12.0. The highest BCUT2D eigenvalue weighted by Crippen LogP contribution is 2.17. The van der Waals surface area contributed by atoms with Crippen LogP contribution in [0.1, 0.15) is 121 Å². The van der Waals surface area contributed by atoms with Gasteiger partial charge in [-0.2, -0.15) is 0 Å². The molecule has 1 aromatic carbocycles. The van der Waals surface area contributed by atoms with E-state index in [-0.39, 0.29) is 5.97 Å². The van der Waals surface area contributed by atoms with E-state index in [0.717, 1.165) is 25.0 Å². The number of carbonyl (C=O) groups excluding carboxylic acids is 1. The summed E-state index contributed by atoms with van der Waals surface area (Å²) in [6.45, 7) is 6.29. The van der Waals surface area contributed by atoms with E-state index in [4.69, 9.17) is 14.6 Å². The minimum absolute atomic E-state index is 0.308. The zero-order valence-corrected chi connectivity index (χ0v) is 20.5. The second-order valence-corrected chi connectivity index (χ2v) is 9.61. The van der Waals surface area contributed by atoms with Crippen molar-refractivity contribution in [2.75, 3.05) is 6.61 Å². The Labute approximate surface area is 194 Å². The minimum atomic E-state index is -0.677. The molecule has 32 heavy (non-hydrogen) atoms. The Morgan fingerprint density at radius 3 is 1.59 bits per heavy atom. The van der Waals surface area contributed by atoms with Crippen molar-refractivity contribution in [1.82, 2.24) is 0 Å². The van der Waals surface area contributed by atoms with Crippen LogP contribution >= 0.6 is 0 Å². The van der Waals surface area contributed by atoms with Gasteiger partial charge in [-0.1, -0.05) is 70.6 Å². The molecule has 0 atom stereocenters. The topological polar surface area (TPSA) is 72.8 Å². The predicted molar refractivity (Wildman–Crippen MR) is 129 cm³/mol. The number of benzene rings is 1. The van der Waals surface area contributed by atoms with Crippen LogP contribution in [0.3, 0.4) is 0 Å². The summed E-state index contributed by atoms with van der Waals surface area (Å²) in [6.07, 6.45) is 15.9. The summed E-state index contributed by atoms with van der Waals surface area (Å²) in [6, 6.07) is 7.16. The van der Waals surface area contributed by atoms with Crippen molar-refractivity contribution in [3.8, 4) is 5.75 Å². The molecule has 0 aliphatic carbocycles. The van der Waals surface area contributed by atoms with E-state index < -0.39 is 11.6 Å². The second kappa shape index (κ2) is 16.6. The summed E-state index contributed by atoms with van der Waals surface area (Å²) in [5, 5.41) is 8.60. The Kier molecular flexibility index (Phi) is 14.5. The number of ether oxygens (including phenoxy) is 2. The van der Waals surface area contributed by atoms with E-state index >= 15 is 0 Å². The summed E-state index contributed by atoms with van der Waals surface area (Å²) in [7, 11) is 0.